The number of H-pyrrole nitrogens is 1. The van der Waals surface area contributed by atoms with Crippen molar-refractivity contribution in [3.05, 3.63) is 120 Å². The van der Waals surface area contributed by atoms with Crippen LogP contribution in [0.15, 0.2) is 97.5 Å². The van der Waals surface area contributed by atoms with E-state index in [0.29, 0.717) is 70.9 Å². The number of fused-ring (bicyclic) bond motifs is 5. The van der Waals surface area contributed by atoms with Gasteiger partial charge in [-0.05, 0) is 110 Å². The highest BCUT2D eigenvalue weighted by molar-refractivity contribution is 6.07. The zero-order valence-electron chi connectivity index (χ0n) is 41.0. The molecule has 1 saturated carbocycles. The molecule has 6 aromatic rings. The first-order valence-corrected chi connectivity index (χ1v) is 25.4. The van der Waals surface area contributed by atoms with Gasteiger partial charge in [-0.3, -0.25) is 19.4 Å². The summed E-state index contributed by atoms with van der Waals surface area (Å²) in [5.41, 5.74) is 8.50. The Morgan fingerprint density at radius 2 is 1.49 bits per heavy atom. The number of aromatic amines is 1. The van der Waals surface area contributed by atoms with E-state index in [0.717, 1.165) is 101 Å². The maximum absolute atomic E-state index is 14.9. The van der Waals surface area contributed by atoms with Crippen LogP contribution in [0.4, 0.5) is 0 Å². The van der Waals surface area contributed by atoms with Crippen molar-refractivity contribution < 1.29 is 38.1 Å². The third-order valence-electron chi connectivity index (χ3n) is 14.3. The summed E-state index contributed by atoms with van der Waals surface area (Å²) in [7, 11) is 1.73. The van der Waals surface area contributed by atoms with Gasteiger partial charge in [0.1, 0.15) is 31.0 Å². The number of rotatable bonds is 22. The normalized spacial score (nSPS) is 17.8. The summed E-state index contributed by atoms with van der Waals surface area (Å²) < 4.78 is 29.1. The Labute approximate surface area is 415 Å². The van der Waals surface area contributed by atoms with Gasteiger partial charge in [0, 0.05) is 65.0 Å². The van der Waals surface area contributed by atoms with Crippen molar-refractivity contribution in [2.45, 2.75) is 95.4 Å². The Hall–Kier alpha value is -6.39. The zero-order chi connectivity index (χ0) is 48.9. The summed E-state index contributed by atoms with van der Waals surface area (Å²) in [5.74, 6) is 0.576. The van der Waals surface area contributed by atoms with Gasteiger partial charge in [0.2, 0.25) is 23.6 Å². The molecule has 71 heavy (non-hydrogen) atoms. The second-order valence-corrected chi connectivity index (χ2v) is 18.9. The number of carbonyl (C=O) groups excluding carboxylic acids is 3. The van der Waals surface area contributed by atoms with Crippen LogP contribution in [0.2, 0.25) is 0 Å². The van der Waals surface area contributed by atoms with Crippen LogP contribution in [-0.4, -0.2) is 116 Å². The first-order valence-electron chi connectivity index (χ1n) is 25.4. The number of pyridine rings is 2. The minimum Gasteiger partial charge on any atom is -0.491 e. The van der Waals surface area contributed by atoms with E-state index in [-0.39, 0.29) is 36.2 Å². The van der Waals surface area contributed by atoms with Gasteiger partial charge in [-0.15, -0.1) is 0 Å². The molecule has 3 aliphatic rings. The molecular formula is C56H67N7O8. The minimum absolute atomic E-state index is 0.00813. The van der Waals surface area contributed by atoms with Crippen molar-refractivity contribution in [3.63, 3.8) is 0 Å². The molecule has 0 bridgehead atoms. The van der Waals surface area contributed by atoms with Crippen LogP contribution < -0.4 is 25.4 Å². The number of hydrogen-bond donors (Lipinski definition) is 4. The zero-order valence-corrected chi connectivity index (χ0v) is 41.0. The van der Waals surface area contributed by atoms with Crippen LogP contribution in [-0.2, 0) is 48.0 Å². The second kappa shape index (κ2) is 24.2. The number of nitrogens with one attached hydrogen (secondary N) is 4. The number of nitrogens with zero attached hydrogens (tertiary/aromatic N) is 3. The summed E-state index contributed by atoms with van der Waals surface area (Å²) >= 11 is 0. The second-order valence-electron chi connectivity index (χ2n) is 18.9. The van der Waals surface area contributed by atoms with E-state index in [1.165, 1.54) is 5.56 Å². The molecule has 1 fully saturated rings. The smallest absolute Gasteiger partial charge is 0.246 e. The van der Waals surface area contributed by atoms with Crippen LogP contribution in [0.5, 0.6) is 11.6 Å². The Morgan fingerprint density at radius 1 is 0.732 bits per heavy atom. The van der Waals surface area contributed by atoms with Crippen LogP contribution in [0.25, 0.3) is 32.9 Å². The van der Waals surface area contributed by atoms with E-state index in [1.54, 1.807) is 25.1 Å². The molecule has 0 unspecified atom stereocenters. The largest absolute Gasteiger partial charge is 0.491 e. The number of aromatic nitrogens is 3. The van der Waals surface area contributed by atoms with Crippen LogP contribution in [0.3, 0.4) is 0 Å². The molecule has 4 atom stereocenters. The van der Waals surface area contributed by atoms with E-state index in [2.05, 4.69) is 61.2 Å². The summed E-state index contributed by atoms with van der Waals surface area (Å²) in [6, 6.07) is 24.3. The minimum atomic E-state index is -0.734. The van der Waals surface area contributed by atoms with E-state index in [9.17, 15) is 14.4 Å². The highest BCUT2D eigenvalue weighted by Gasteiger charge is 2.42. The number of aryl methyl sites for hydroxylation is 1. The predicted octanol–water partition coefficient (Wildman–Crippen LogP) is 7.41. The van der Waals surface area contributed by atoms with Crippen molar-refractivity contribution >= 4 is 39.5 Å². The van der Waals surface area contributed by atoms with E-state index >= 15 is 0 Å². The molecule has 3 amide bonds. The molecule has 3 aromatic heterocycles. The van der Waals surface area contributed by atoms with Crippen molar-refractivity contribution in [3.8, 4) is 22.8 Å². The van der Waals surface area contributed by atoms with Gasteiger partial charge in [-0.1, -0.05) is 61.7 Å². The maximum Gasteiger partial charge on any atom is 0.246 e. The molecular weight excluding hydrogens is 899 g/mol. The number of benzene rings is 3. The number of amides is 3. The van der Waals surface area contributed by atoms with Gasteiger partial charge < -0.3 is 49.5 Å². The molecule has 15 heteroatoms. The Bertz CT molecular complexity index is 2740. The van der Waals surface area contributed by atoms with Crippen LogP contribution in [0.1, 0.15) is 80.2 Å². The van der Waals surface area contributed by atoms with Gasteiger partial charge in [0.25, 0.3) is 0 Å². The quantitative estimate of drug-likeness (QED) is 0.0499. The molecule has 1 aliphatic heterocycles. The molecule has 2 aliphatic carbocycles. The molecule has 374 valence electrons. The first-order chi connectivity index (χ1) is 34.8. The van der Waals surface area contributed by atoms with Crippen LogP contribution in [0, 0.1) is 5.92 Å². The van der Waals surface area contributed by atoms with Crippen molar-refractivity contribution in [1.29, 1.82) is 0 Å². The fourth-order valence-corrected chi connectivity index (χ4v) is 10.3. The van der Waals surface area contributed by atoms with E-state index < -0.39 is 18.1 Å². The van der Waals surface area contributed by atoms with Crippen LogP contribution >= 0.6 is 0 Å². The molecule has 0 radical (unpaired) electrons. The van der Waals surface area contributed by atoms with Crippen molar-refractivity contribution in [1.82, 2.24) is 35.8 Å². The predicted molar refractivity (Wildman–Crippen MR) is 272 cm³/mol. The summed E-state index contributed by atoms with van der Waals surface area (Å²) in [6.07, 6.45) is 13.5. The lowest BCUT2D eigenvalue weighted by molar-refractivity contribution is -0.146. The standard InChI is InChI=1S/C56H67N7O8/c1-37(57-2)54(64)62-53(39-10-4-3-5-11-39)56(66)63-36-43-31-44(18-15-41(43)33-51(63)55(65)61-48-14-8-12-38-9-6-7-13-45(38)48)70-29-27-68-25-23-67-24-26-69-28-30-71-52-20-17-42(34-59-52)40-16-19-46-47-35-58-22-21-49(47)60-50(46)32-40/h6-7,9,13,15-22,31-32,34-35,37,39,48,51,53,57,60H,3-5,8,10-12,14,23-30,33,36H2,1-2H3,(H,61,65)(H,62,64)/t37-,48-,51-,53-/m0/s1. The van der Waals surface area contributed by atoms with Gasteiger partial charge in [-0.25, -0.2) is 4.98 Å². The summed E-state index contributed by atoms with van der Waals surface area (Å²) in [5, 5.41) is 11.7. The molecule has 3 aromatic carbocycles. The molecule has 15 nitrogen and oxygen atoms in total. The Morgan fingerprint density at radius 3 is 2.27 bits per heavy atom. The number of hydrogen-bond acceptors (Lipinski definition) is 11. The van der Waals surface area contributed by atoms with Gasteiger partial charge in [0.15, 0.2) is 0 Å². The summed E-state index contributed by atoms with van der Waals surface area (Å²) in [6.45, 7) is 5.17. The Kier molecular flexibility index (Phi) is 16.9. The maximum atomic E-state index is 14.9. The fraction of sp³-hybridized carbons (Fsp3) is 0.446. The first kappa shape index (κ1) is 49.6. The third-order valence-corrected chi connectivity index (χ3v) is 14.3. The monoisotopic (exact) mass is 966 g/mol. The number of likely N-dealkylation sites (N-methyl/N-ethyl adjacent to an activating group) is 1. The number of ether oxygens (including phenoxy) is 5. The lowest BCUT2D eigenvalue weighted by atomic mass is 9.82. The van der Waals surface area contributed by atoms with Crippen molar-refractivity contribution in [2.24, 2.45) is 5.92 Å². The highest BCUT2D eigenvalue weighted by atomic mass is 16.6. The molecule has 4 N–H and O–H groups in total. The Balaban J connectivity index is 0.708. The molecule has 4 heterocycles. The lowest BCUT2D eigenvalue weighted by Gasteiger charge is -2.41. The SMILES string of the molecule is CN[C@@H](C)C(=O)N[C@H](C(=O)N1Cc2cc(OCCOCCOCCOCCOc3ccc(-c4ccc5c(c4)[nH]c4ccncc45)cn3)ccc2C[C@H]1C(=O)N[C@H]1CCCc2ccccc21)C1CCCCC1. The third kappa shape index (κ3) is 12.4. The fourth-order valence-electron chi connectivity index (χ4n) is 10.3. The molecule has 9 rings (SSSR count). The van der Waals surface area contributed by atoms with Gasteiger partial charge in [-0.2, -0.15) is 0 Å². The van der Waals surface area contributed by atoms with Gasteiger partial charge >= 0.3 is 0 Å². The number of carbonyl (C=O) groups is 3. The average Bonchev–Trinajstić information content (AvgIpc) is 3.79. The van der Waals surface area contributed by atoms with Gasteiger partial charge in [0.05, 0.1) is 51.7 Å². The topological polar surface area (TPSA) is 178 Å². The lowest BCUT2D eigenvalue weighted by Crippen LogP contribution is -2.60. The van der Waals surface area contributed by atoms with Crippen molar-refractivity contribution in [2.75, 3.05) is 59.9 Å². The van der Waals surface area contributed by atoms with E-state index in [1.807, 2.05) is 60.9 Å². The molecule has 0 saturated heterocycles. The summed E-state index contributed by atoms with van der Waals surface area (Å²) in [4.78, 5) is 56.6. The average molecular weight is 966 g/mol. The van der Waals surface area contributed by atoms with E-state index in [4.69, 9.17) is 23.7 Å². The highest BCUT2D eigenvalue weighted by Crippen LogP contribution is 2.35. The molecule has 0 spiro atoms.